The van der Waals surface area contributed by atoms with Crippen molar-refractivity contribution in [2.24, 2.45) is 0 Å². The Bertz CT molecular complexity index is 215. The van der Waals surface area contributed by atoms with Crippen LogP contribution in [0, 0.1) is 0 Å². The molecule has 1 unspecified atom stereocenters. The minimum Gasteiger partial charge on any atom is -0.346 e. The Balaban J connectivity index is 0.00000121. The van der Waals surface area contributed by atoms with Gasteiger partial charge >= 0.3 is 0 Å². The molecule has 0 bridgehead atoms. The first-order valence-electron chi connectivity index (χ1n) is 3.73. The summed E-state index contributed by atoms with van der Waals surface area (Å²) in [7, 11) is 4.02. The topological polar surface area (TPSA) is 6.48 Å². The number of thiocarbonyl (C=S) groups is 1. The highest BCUT2D eigenvalue weighted by Crippen LogP contribution is 2.15. The van der Waals surface area contributed by atoms with E-state index in [1.807, 2.05) is 19.0 Å². The van der Waals surface area contributed by atoms with Crippen molar-refractivity contribution in [2.45, 2.75) is 19.9 Å². The standard InChI is InChI=1S/C8H14N2S.ClH/c1-6-5-7(2)10(4)8(11)9(6)3;/h5-6H,1-4H3;1H. The quantitative estimate of drug-likeness (QED) is 0.559. The first-order chi connectivity index (χ1) is 5.04. The van der Waals surface area contributed by atoms with Crippen LogP contribution in [-0.2, 0) is 0 Å². The van der Waals surface area contributed by atoms with Crippen molar-refractivity contribution in [1.29, 1.82) is 0 Å². The summed E-state index contributed by atoms with van der Waals surface area (Å²) >= 11 is 5.22. The number of allylic oxidation sites excluding steroid dienone is 1. The molecule has 1 atom stereocenters. The molecule has 4 heteroatoms. The maximum absolute atomic E-state index is 5.22. The lowest BCUT2D eigenvalue weighted by atomic mass is 10.2. The molecule has 0 aliphatic carbocycles. The van der Waals surface area contributed by atoms with Crippen LogP contribution in [0.25, 0.3) is 0 Å². The van der Waals surface area contributed by atoms with Crippen molar-refractivity contribution in [3.05, 3.63) is 11.8 Å². The molecule has 1 rings (SSSR count). The summed E-state index contributed by atoms with van der Waals surface area (Å²) in [5.74, 6) is 0. The minimum atomic E-state index is 0. The first kappa shape index (κ1) is 11.7. The van der Waals surface area contributed by atoms with Gasteiger partial charge in [-0.3, -0.25) is 0 Å². The van der Waals surface area contributed by atoms with Gasteiger partial charge in [-0.25, -0.2) is 0 Å². The highest BCUT2D eigenvalue weighted by Gasteiger charge is 2.20. The molecule has 0 saturated heterocycles. The fourth-order valence-electron chi connectivity index (χ4n) is 1.13. The molecule has 0 spiro atoms. The Kier molecular flexibility index (Phi) is 4.00. The van der Waals surface area contributed by atoms with Gasteiger partial charge in [0.2, 0.25) is 0 Å². The maximum atomic E-state index is 5.22. The third kappa shape index (κ3) is 1.90. The van der Waals surface area contributed by atoms with Crippen LogP contribution in [0.2, 0.25) is 0 Å². The number of hydrogen-bond donors (Lipinski definition) is 0. The van der Waals surface area contributed by atoms with Crippen LogP contribution >= 0.6 is 24.6 Å². The second kappa shape index (κ2) is 4.10. The predicted molar refractivity (Wildman–Crippen MR) is 58.6 cm³/mol. The van der Waals surface area contributed by atoms with Gasteiger partial charge in [-0.05, 0) is 32.1 Å². The summed E-state index contributed by atoms with van der Waals surface area (Å²) in [4.78, 5) is 4.11. The van der Waals surface area contributed by atoms with Crippen molar-refractivity contribution >= 4 is 29.7 Å². The van der Waals surface area contributed by atoms with E-state index in [-0.39, 0.29) is 12.4 Å². The zero-order valence-corrected chi connectivity index (χ0v) is 9.50. The average Bonchev–Trinajstić information content (AvgIpc) is 1.97. The molecule has 0 aromatic heterocycles. The Hall–Kier alpha value is -0.280. The third-order valence-corrected chi connectivity index (χ3v) is 2.77. The van der Waals surface area contributed by atoms with Crippen LogP contribution in [0.15, 0.2) is 11.8 Å². The van der Waals surface area contributed by atoms with E-state index in [1.54, 1.807) is 0 Å². The van der Waals surface area contributed by atoms with Crippen LogP contribution in [0.1, 0.15) is 13.8 Å². The lowest BCUT2D eigenvalue weighted by Crippen LogP contribution is -2.45. The Morgan fingerprint density at radius 1 is 1.42 bits per heavy atom. The summed E-state index contributed by atoms with van der Waals surface area (Å²) in [6.07, 6.45) is 2.20. The molecule has 0 amide bonds. The summed E-state index contributed by atoms with van der Waals surface area (Å²) in [6.45, 7) is 4.22. The van der Waals surface area contributed by atoms with Gasteiger partial charge in [0.25, 0.3) is 0 Å². The first-order valence-corrected chi connectivity index (χ1v) is 4.14. The lowest BCUT2D eigenvalue weighted by Gasteiger charge is -2.36. The van der Waals surface area contributed by atoms with Crippen LogP contribution in [0.4, 0.5) is 0 Å². The normalized spacial score (nSPS) is 23.5. The molecule has 0 aromatic carbocycles. The van der Waals surface area contributed by atoms with Crippen molar-refractivity contribution in [2.75, 3.05) is 14.1 Å². The third-order valence-electron chi connectivity index (χ3n) is 2.21. The van der Waals surface area contributed by atoms with Gasteiger partial charge in [0.05, 0.1) is 0 Å². The van der Waals surface area contributed by atoms with Gasteiger partial charge in [0.1, 0.15) is 0 Å². The smallest absolute Gasteiger partial charge is 0.175 e. The molecule has 0 N–H and O–H groups in total. The zero-order chi connectivity index (χ0) is 8.59. The number of halogens is 1. The van der Waals surface area contributed by atoms with Gasteiger partial charge in [-0.1, -0.05) is 0 Å². The predicted octanol–water partition coefficient (Wildman–Crippen LogP) is 1.86. The van der Waals surface area contributed by atoms with Gasteiger partial charge in [0.15, 0.2) is 5.11 Å². The van der Waals surface area contributed by atoms with E-state index < -0.39 is 0 Å². The number of hydrogen-bond acceptors (Lipinski definition) is 1. The van der Waals surface area contributed by atoms with Crippen LogP contribution in [0.5, 0.6) is 0 Å². The van der Waals surface area contributed by atoms with Crippen molar-refractivity contribution in [3.8, 4) is 0 Å². The van der Waals surface area contributed by atoms with Gasteiger partial charge in [-0.2, -0.15) is 0 Å². The number of rotatable bonds is 0. The molecule has 0 fully saturated rings. The molecule has 1 aliphatic heterocycles. The molecule has 1 heterocycles. The zero-order valence-electron chi connectivity index (χ0n) is 7.87. The number of likely N-dealkylation sites (N-methyl/N-ethyl adjacent to an activating group) is 1. The van der Waals surface area contributed by atoms with E-state index in [1.165, 1.54) is 5.70 Å². The number of nitrogens with zero attached hydrogens (tertiary/aromatic N) is 2. The second-order valence-electron chi connectivity index (χ2n) is 3.00. The lowest BCUT2D eigenvalue weighted by molar-refractivity contribution is 0.374. The van der Waals surface area contributed by atoms with Crippen LogP contribution in [0.3, 0.4) is 0 Å². The average molecular weight is 207 g/mol. The fourth-order valence-corrected chi connectivity index (χ4v) is 1.44. The summed E-state index contributed by atoms with van der Waals surface area (Å²) in [6, 6.07) is 0.429. The molecule has 1 aliphatic rings. The van der Waals surface area contributed by atoms with Gasteiger partial charge in [-0.15, -0.1) is 12.4 Å². The molecule has 0 aromatic rings. The van der Waals surface area contributed by atoms with Crippen LogP contribution < -0.4 is 0 Å². The van der Waals surface area contributed by atoms with Crippen molar-refractivity contribution < 1.29 is 0 Å². The van der Waals surface area contributed by atoms with Gasteiger partial charge < -0.3 is 9.80 Å². The molecule has 0 saturated carbocycles. The Labute approximate surface area is 85.6 Å². The molecular formula is C8H15ClN2S. The summed E-state index contributed by atoms with van der Waals surface area (Å²) < 4.78 is 0. The second-order valence-corrected chi connectivity index (χ2v) is 3.37. The minimum absolute atomic E-state index is 0. The van der Waals surface area contributed by atoms with Crippen molar-refractivity contribution in [1.82, 2.24) is 9.80 Å². The van der Waals surface area contributed by atoms with Crippen molar-refractivity contribution in [3.63, 3.8) is 0 Å². The van der Waals surface area contributed by atoms with E-state index in [0.717, 1.165) is 5.11 Å². The molecule has 70 valence electrons. The highest BCUT2D eigenvalue weighted by molar-refractivity contribution is 7.80. The van der Waals surface area contributed by atoms with E-state index >= 15 is 0 Å². The van der Waals surface area contributed by atoms with E-state index in [9.17, 15) is 0 Å². The molecule has 2 nitrogen and oxygen atoms in total. The summed E-state index contributed by atoms with van der Waals surface area (Å²) in [5.41, 5.74) is 1.24. The van der Waals surface area contributed by atoms with Gasteiger partial charge in [0, 0.05) is 25.8 Å². The molecular weight excluding hydrogens is 192 g/mol. The SMILES string of the molecule is CC1=CC(C)N(C)C(=S)N1C.Cl. The molecule has 0 radical (unpaired) electrons. The Morgan fingerprint density at radius 3 is 2.42 bits per heavy atom. The monoisotopic (exact) mass is 206 g/mol. The molecule has 12 heavy (non-hydrogen) atoms. The maximum Gasteiger partial charge on any atom is 0.175 e. The van der Waals surface area contributed by atoms with Crippen LogP contribution in [-0.4, -0.2) is 35.0 Å². The highest BCUT2D eigenvalue weighted by atomic mass is 35.5. The fraction of sp³-hybridized carbons (Fsp3) is 0.625. The van der Waals surface area contributed by atoms with E-state index in [2.05, 4.69) is 24.8 Å². The Morgan fingerprint density at radius 2 is 1.92 bits per heavy atom. The van der Waals surface area contributed by atoms with E-state index in [0.29, 0.717) is 6.04 Å². The van der Waals surface area contributed by atoms with E-state index in [4.69, 9.17) is 12.2 Å². The summed E-state index contributed by atoms with van der Waals surface area (Å²) in [5, 5.41) is 0.900. The largest absolute Gasteiger partial charge is 0.346 e.